The fourth-order valence-electron chi connectivity index (χ4n) is 2.95. The monoisotopic (exact) mass is 1440 g/mol. The first-order valence-corrected chi connectivity index (χ1v) is 38.5. The number of benzene rings is 1. The number of hydrogen-bond acceptors (Lipinski definition) is 14. The quantitative estimate of drug-likeness (QED) is 0.165. The molecule has 0 spiro atoms. The maximum atomic E-state index is 4.03. The number of aromatic amines is 2. The topological polar surface area (TPSA) is 217 Å². The first-order valence-electron chi connectivity index (χ1n) is 38.5. The maximum absolute atomic E-state index is 4.03. The van der Waals surface area contributed by atoms with Gasteiger partial charge in [-0.1, -0.05) is 326 Å². The van der Waals surface area contributed by atoms with E-state index in [1.165, 1.54) is 18.9 Å². The van der Waals surface area contributed by atoms with Gasteiger partial charge in [0, 0.05) is 99.0 Å². The average Bonchev–Trinajstić information content (AvgIpc) is 1.86. The lowest BCUT2D eigenvalue weighted by molar-refractivity contribution is 0.532. The Kier molecular flexibility index (Phi) is 194. The normalized spacial score (nSPS) is 7.77. The molecular weight excluding hydrogens is 1270 g/mol. The summed E-state index contributed by atoms with van der Waals surface area (Å²) < 4.78 is 1.92. The van der Waals surface area contributed by atoms with E-state index in [4.69, 9.17) is 0 Å². The van der Waals surface area contributed by atoms with E-state index in [2.05, 4.69) is 254 Å². The van der Waals surface area contributed by atoms with Crippen LogP contribution in [0.3, 0.4) is 0 Å². The smallest absolute Gasteiger partial charge is 0.138 e. The second kappa shape index (κ2) is 149. The molecule has 0 saturated heterocycles. The van der Waals surface area contributed by atoms with Gasteiger partial charge >= 0.3 is 0 Å². The van der Waals surface area contributed by atoms with Crippen LogP contribution in [0.15, 0.2) is 203 Å². The Balaban J connectivity index is -0.0000000554. The fraction of sp³-hybridized carbons (Fsp3) is 0.605. The van der Waals surface area contributed by atoms with Gasteiger partial charge in [-0.25, -0.2) is 19.9 Å². The molecule has 0 amide bonds. The predicted molar refractivity (Wildman–Crippen MR) is 464 cm³/mol. The Hall–Kier alpha value is -7.82. The van der Waals surface area contributed by atoms with Gasteiger partial charge in [0.1, 0.15) is 12.7 Å². The highest BCUT2D eigenvalue weighted by Crippen LogP contribution is 2.06. The van der Waals surface area contributed by atoms with Crippen molar-refractivity contribution in [1.82, 2.24) is 85.5 Å². The summed E-state index contributed by atoms with van der Waals surface area (Å²) in [5.41, 5.74) is 1.02. The van der Waals surface area contributed by atoms with E-state index in [-0.39, 0.29) is 0 Å². The minimum atomic E-state index is 0.480. The largest absolute Gasteiger partial charge is 0.351 e. The third kappa shape index (κ3) is 263. The molecule has 0 radical (unpaired) electrons. The van der Waals surface area contributed by atoms with Gasteiger partial charge in [-0.2, -0.15) is 35.8 Å². The van der Waals surface area contributed by atoms with Crippen LogP contribution in [0.2, 0.25) is 0 Å². The van der Waals surface area contributed by atoms with Crippen molar-refractivity contribution in [3.8, 4) is 0 Å². The van der Waals surface area contributed by atoms with Crippen LogP contribution in [-0.4, -0.2) is 85.5 Å². The molecule has 602 valence electrons. The average molecular weight is 1450 g/mol. The SMILES string of the molecule is CC.CC.CC.CC.CC.CC.CC.CC.CC.CC(C)C.CC(C)C.CC(C)C.CC(C)C.CC(C)C.CC(C)C.CC(C)C.CC(C)c1cn[nH]n1.CC(C)n1cccn1.c1c[nH]cn1.c1ccccc1.c1ccncc1.c1ccnnc1.c1cnccn1.c1cncnc1.c1cnncn1. The number of nitrogens with one attached hydrogen (secondary N) is 2. The molecule has 103 heavy (non-hydrogen) atoms. The van der Waals surface area contributed by atoms with E-state index in [0.717, 1.165) is 47.1 Å². The van der Waals surface area contributed by atoms with Crippen molar-refractivity contribution < 1.29 is 0 Å². The Labute approximate surface area is 642 Å². The summed E-state index contributed by atoms with van der Waals surface area (Å²) in [4.78, 5) is 28.6. The summed E-state index contributed by atoms with van der Waals surface area (Å²) in [7, 11) is 0. The van der Waals surface area contributed by atoms with Crippen LogP contribution in [0.1, 0.15) is 315 Å². The van der Waals surface area contributed by atoms with Crippen LogP contribution in [0, 0.1) is 41.4 Å². The lowest BCUT2D eigenvalue weighted by Crippen LogP contribution is -1.99. The molecule has 2 N–H and O–H groups in total. The molecule has 1 aromatic carbocycles. The molecule has 0 saturated carbocycles. The van der Waals surface area contributed by atoms with Gasteiger partial charge in [-0.05, 0) is 97.6 Å². The van der Waals surface area contributed by atoms with Crippen LogP contribution in [0.4, 0.5) is 0 Å². The molecule has 0 aliphatic rings. The number of H-pyrrole nitrogens is 2. The molecule has 17 heteroatoms. The van der Waals surface area contributed by atoms with Gasteiger partial charge in [0.25, 0.3) is 0 Å². The third-order valence-corrected chi connectivity index (χ3v) is 5.56. The van der Waals surface area contributed by atoms with Crippen LogP contribution in [0.5, 0.6) is 0 Å². The molecule has 8 aromatic heterocycles. The first kappa shape index (κ1) is 135. The Morgan fingerprint density at radius 1 is 0.272 bits per heavy atom. The van der Waals surface area contributed by atoms with E-state index < -0.39 is 0 Å². The fourth-order valence-corrected chi connectivity index (χ4v) is 2.95. The molecule has 0 atom stereocenters. The predicted octanol–water partition coefficient (Wildman–Crippen LogP) is 27.7. The van der Waals surface area contributed by atoms with Crippen LogP contribution in [0.25, 0.3) is 0 Å². The highest BCUT2D eigenvalue weighted by Gasteiger charge is 1.98. The summed E-state index contributed by atoms with van der Waals surface area (Å²) >= 11 is 0. The second-order valence-corrected chi connectivity index (χ2v) is 22.7. The molecule has 9 aromatic rings. The highest BCUT2D eigenvalue weighted by atomic mass is 15.3. The van der Waals surface area contributed by atoms with Crippen molar-refractivity contribution in [2.75, 3.05) is 0 Å². The van der Waals surface area contributed by atoms with E-state index in [1.54, 1.807) is 105 Å². The zero-order valence-electron chi connectivity index (χ0n) is 75.5. The Bertz CT molecular complexity index is 1740. The minimum absolute atomic E-state index is 0.480. The summed E-state index contributed by atoms with van der Waals surface area (Å²) in [5.74, 6) is 6.31. The van der Waals surface area contributed by atoms with Crippen LogP contribution < -0.4 is 0 Å². The van der Waals surface area contributed by atoms with Crippen molar-refractivity contribution >= 4 is 0 Å². The molecule has 8 heterocycles. The number of aromatic nitrogens is 17. The molecule has 0 fully saturated rings. The minimum Gasteiger partial charge on any atom is -0.351 e. The number of rotatable bonds is 2. The van der Waals surface area contributed by atoms with Gasteiger partial charge in [0.2, 0.25) is 0 Å². The molecule has 0 aliphatic heterocycles. The Morgan fingerprint density at radius 3 is 0.670 bits per heavy atom. The maximum Gasteiger partial charge on any atom is 0.138 e. The van der Waals surface area contributed by atoms with Gasteiger partial charge in [0.05, 0.1) is 24.4 Å². The van der Waals surface area contributed by atoms with Crippen LogP contribution >= 0.6 is 0 Å². The number of imidazole rings is 1. The molecule has 17 nitrogen and oxygen atoms in total. The summed E-state index contributed by atoms with van der Waals surface area (Å²) in [6.45, 7) is 89.9. The van der Waals surface area contributed by atoms with E-state index in [0.29, 0.717) is 12.0 Å². The lowest BCUT2D eigenvalue weighted by Gasteiger charge is -2.01. The van der Waals surface area contributed by atoms with Crippen molar-refractivity contribution in [2.45, 2.75) is 310 Å². The third-order valence-electron chi connectivity index (χ3n) is 5.56. The van der Waals surface area contributed by atoms with Crippen molar-refractivity contribution in [3.05, 3.63) is 209 Å². The van der Waals surface area contributed by atoms with E-state index in [1.807, 2.05) is 208 Å². The number of pyridine rings is 1. The summed E-state index contributed by atoms with van der Waals surface area (Å²) in [5, 5.41) is 28.1. The standard InChI is InChI=1S/C6H10N2.C6H6.C5H9N3.C5H5N.3C4H4N2.7C4H10.C3H3N3.C3H4N2.9C2H6/c1-6(2)8-5-3-4-7-8;1-2-4-6-5-3-1;1-4(2)5-3-6-8-7-5;1-2-4-6-5-3-1;1-2-6-4-3-5-1;1-2-5-4-6-3-1;1-2-4-6-5-3-1;7*1-4(2)3;1-2-5-6-3-4-1;1-2-5-3-4-1;9*1-2/h3-6H,1-2H3;1-6H;3-4H,1-2H3,(H,6,7,8);1-5H;3*1-4H;7*4H,1-3H3;1-3H;1-3H,(H,4,5);9*1-2H3. The molecule has 0 bridgehead atoms. The van der Waals surface area contributed by atoms with E-state index in [9.17, 15) is 0 Å². The van der Waals surface area contributed by atoms with E-state index >= 15 is 0 Å². The molecule has 0 unspecified atom stereocenters. The number of nitrogens with zero attached hydrogens (tertiary/aromatic N) is 15. The molecule has 9 rings (SSSR count). The summed E-state index contributed by atoms with van der Waals surface area (Å²) in [6.07, 6.45) is 33.3. The van der Waals surface area contributed by atoms with Gasteiger partial charge < -0.3 is 4.98 Å². The molecular formula is C86H173N17. The second-order valence-electron chi connectivity index (χ2n) is 22.7. The zero-order chi connectivity index (χ0) is 84.0. The Morgan fingerprint density at radius 2 is 0.563 bits per heavy atom. The van der Waals surface area contributed by atoms with Crippen molar-refractivity contribution in [1.29, 1.82) is 0 Å². The first-order chi connectivity index (χ1) is 49.2. The van der Waals surface area contributed by atoms with Crippen LogP contribution in [-0.2, 0) is 0 Å². The van der Waals surface area contributed by atoms with Gasteiger partial charge in [0.15, 0.2) is 0 Å². The number of hydrogen-bond donors (Lipinski definition) is 2. The highest BCUT2D eigenvalue weighted by molar-refractivity contribution is 4.99. The molecule has 0 aliphatic carbocycles. The van der Waals surface area contributed by atoms with Crippen molar-refractivity contribution in [2.24, 2.45) is 41.4 Å². The van der Waals surface area contributed by atoms with Crippen molar-refractivity contribution in [3.63, 3.8) is 0 Å². The lowest BCUT2D eigenvalue weighted by atomic mass is 10.2. The zero-order valence-corrected chi connectivity index (χ0v) is 75.5. The summed E-state index contributed by atoms with van der Waals surface area (Å²) in [6, 6.07) is 25.6. The van der Waals surface area contributed by atoms with Gasteiger partial charge in [-0.3, -0.25) is 19.6 Å². The van der Waals surface area contributed by atoms with Gasteiger partial charge in [-0.15, -0.1) is 5.10 Å².